The summed E-state index contributed by atoms with van der Waals surface area (Å²) in [5, 5.41) is 5.25. The lowest BCUT2D eigenvalue weighted by atomic mass is 9.83. The fraction of sp³-hybridized carbons (Fsp3) is 0.429. The highest BCUT2D eigenvalue weighted by Gasteiger charge is 2.29. The van der Waals surface area contributed by atoms with Gasteiger partial charge in [0.1, 0.15) is 6.04 Å². The Morgan fingerprint density at radius 2 is 1.76 bits per heavy atom. The zero-order chi connectivity index (χ0) is 17.6. The van der Waals surface area contributed by atoms with Gasteiger partial charge in [-0.05, 0) is 41.5 Å². The molecule has 1 fully saturated rings. The topological polar surface area (TPSA) is 72.2 Å². The smallest absolute Gasteiger partial charge is 0.240 e. The summed E-state index contributed by atoms with van der Waals surface area (Å²) in [5.74, 6) is -0.315. The van der Waals surface area contributed by atoms with Gasteiger partial charge in [-0.15, -0.1) is 0 Å². The maximum Gasteiger partial charge on any atom is 0.240 e. The quantitative estimate of drug-likeness (QED) is 0.848. The van der Waals surface area contributed by atoms with Gasteiger partial charge in [0.25, 0.3) is 0 Å². The van der Waals surface area contributed by atoms with Crippen LogP contribution in [0.1, 0.15) is 44.1 Å². The fourth-order valence-electron chi connectivity index (χ4n) is 3.79. The first-order valence-corrected chi connectivity index (χ1v) is 9.20. The first kappa shape index (κ1) is 17.5. The number of benzene rings is 2. The van der Waals surface area contributed by atoms with Crippen molar-refractivity contribution in [3.63, 3.8) is 0 Å². The lowest BCUT2D eigenvalue weighted by Gasteiger charge is -2.28. The molecule has 4 nitrogen and oxygen atoms in total. The summed E-state index contributed by atoms with van der Waals surface area (Å²) in [7, 11) is 0. The molecule has 2 amide bonds. The highest BCUT2D eigenvalue weighted by atomic mass is 16.2. The zero-order valence-corrected chi connectivity index (χ0v) is 14.5. The molecule has 1 atom stereocenters. The van der Waals surface area contributed by atoms with Crippen LogP contribution in [-0.2, 0) is 16.0 Å². The number of primary amides is 1. The third kappa shape index (κ3) is 4.59. The summed E-state index contributed by atoms with van der Waals surface area (Å²) < 4.78 is 0. The molecule has 2 aromatic rings. The van der Waals surface area contributed by atoms with Crippen LogP contribution in [0.4, 0.5) is 0 Å². The molecule has 1 unspecified atom stereocenters. The van der Waals surface area contributed by atoms with E-state index in [0.717, 1.165) is 31.2 Å². The summed E-state index contributed by atoms with van der Waals surface area (Å²) in [5.41, 5.74) is 6.66. The fourth-order valence-corrected chi connectivity index (χ4v) is 3.79. The molecule has 0 aromatic heterocycles. The van der Waals surface area contributed by atoms with Gasteiger partial charge in [-0.3, -0.25) is 9.59 Å². The minimum atomic E-state index is -0.524. The zero-order valence-electron chi connectivity index (χ0n) is 14.5. The van der Waals surface area contributed by atoms with E-state index in [-0.39, 0.29) is 11.8 Å². The number of hydrogen-bond donors (Lipinski definition) is 2. The van der Waals surface area contributed by atoms with Crippen LogP contribution in [-0.4, -0.2) is 17.9 Å². The maximum absolute atomic E-state index is 12.3. The molecule has 0 heterocycles. The molecular formula is C21H26N2O2. The monoisotopic (exact) mass is 338 g/mol. The van der Waals surface area contributed by atoms with Gasteiger partial charge in [0.15, 0.2) is 0 Å². The highest BCUT2D eigenvalue weighted by molar-refractivity contribution is 5.87. The third-order valence-electron chi connectivity index (χ3n) is 5.20. The molecule has 1 saturated carbocycles. The predicted molar refractivity (Wildman–Crippen MR) is 100.0 cm³/mol. The Hall–Kier alpha value is -2.36. The van der Waals surface area contributed by atoms with Crippen molar-refractivity contribution >= 4 is 22.6 Å². The van der Waals surface area contributed by atoms with E-state index >= 15 is 0 Å². The molecule has 4 heteroatoms. The molecule has 3 N–H and O–H groups in total. The van der Waals surface area contributed by atoms with Gasteiger partial charge in [-0.1, -0.05) is 61.7 Å². The van der Waals surface area contributed by atoms with E-state index in [4.69, 9.17) is 5.73 Å². The summed E-state index contributed by atoms with van der Waals surface area (Å²) in [4.78, 5) is 24.1. The third-order valence-corrected chi connectivity index (χ3v) is 5.20. The van der Waals surface area contributed by atoms with Gasteiger partial charge >= 0.3 is 0 Å². The van der Waals surface area contributed by atoms with E-state index in [9.17, 15) is 9.59 Å². The van der Waals surface area contributed by atoms with E-state index in [1.54, 1.807) is 0 Å². The van der Waals surface area contributed by atoms with E-state index in [2.05, 4.69) is 35.6 Å². The number of carbonyl (C=O) groups excluding carboxylic acids is 2. The number of aryl methyl sites for hydroxylation is 1. The molecule has 0 aliphatic heterocycles. The SMILES string of the molecule is NC(=O)C(NC(=O)CCc1ccc2ccccc2c1)C1CCCCC1. The van der Waals surface area contributed by atoms with Gasteiger partial charge in [0.05, 0.1) is 0 Å². The molecule has 1 aliphatic rings. The van der Waals surface area contributed by atoms with Crippen LogP contribution in [0.5, 0.6) is 0 Å². The van der Waals surface area contributed by atoms with Crippen molar-refractivity contribution in [3.05, 3.63) is 48.0 Å². The second-order valence-electron chi connectivity index (χ2n) is 7.03. The highest BCUT2D eigenvalue weighted by Crippen LogP contribution is 2.26. The number of rotatable bonds is 6. The minimum Gasteiger partial charge on any atom is -0.368 e. The van der Waals surface area contributed by atoms with Crippen LogP contribution >= 0.6 is 0 Å². The standard InChI is InChI=1S/C21H26N2O2/c22-21(25)20(17-7-2-1-3-8-17)23-19(24)13-11-15-10-12-16-6-4-5-9-18(16)14-15/h4-6,9-10,12,14,17,20H,1-3,7-8,11,13H2,(H2,22,25)(H,23,24). The van der Waals surface area contributed by atoms with Crippen LogP contribution in [0.15, 0.2) is 42.5 Å². The van der Waals surface area contributed by atoms with Crippen LogP contribution in [0.3, 0.4) is 0 Å². The molecule has 2 aromatic carbocycles. The molecule has 0 bridgehead atoms. The van der Waals surface area contributed by atoms with Crippen molar-refractivity contribution in [1.29, 1.82) is 0 Å². The molecule has 3 rings (SSSR count). The lowest BCUT2D eigenvalue weighted by molar-refractivity contribution is -0.128. The first-order valence-electron chi connectivity index (χ1n) is 9.20. The van der Waals surface area contributed by atoms with Crippen molar-refractivity contribution < 1.29 is 9.59 Å². The van der Waals surface area contributed by atoms with Crippen molar-refractivity contribution in [2.24, 2.45) is 11.7 Å². The second kappa shape index (κ2) is 8.15. The Kier molecular flexibility index (Phi) is 5.69. The second-order valence-corrected chi connectivity index (χ2v) is 7.03. The number of nitrogens with one attached hydrogen (secondary N) is 1. The van der Waals surface area contributed by atoms with Crippen LogP contribution in [0, 0.1) is 5.92 Å². The van der Waals surface area contributed by atoms with Crippen molar-refractivity contribution in [2.45, 2.75) is 51.0 Å². The molecule has 0 radical (unpaired) electrons. The maximum atomic E-state index is 12.3. The summed E-state index contributed by atoms with van der Waals surface area (Å²) in [6.45, 7) is 0. The summed E-state index contributed by atoms with van der Waals surface area (Å²) >= 11 is 0. The van der Waals surface area contributed by atoms with Crippen LogP contribution in [0.25, 0.3) is 10.8 Å². The Labute approximate surface area is 148 Å². The van der Waals surface area contributed by atoms with Crippen LogP contribution in [0.2, 0.25) is 0 Å². The molecule has 132 valence electrons. The summed E-state index contributed by atoms with van der Waals surface area (Å²) in [6, 6.07) is 13.9. The average Bonchev–Trinajstić information content (AvgIpc) is 2.64. The van der Waals surface area contributed by atoms with E-state index in [1.165, 1.54) is 17.2 Å². The van der Waals surface area contributed by atoms with Gasteiger partial charge in [-0.25, -0.2) is 0 Å². The first-order chi connectivity index (χ1) is 12.1. The number of carbonyl (C=O) groups is 2. The predicted octanol–water partition coefficient (Wildman–Crippen LogP) is 3.32. The van der Waals surface area contributed by atoms with E-state index in [0.29, 0.717) is 12.8 Å². The number of fused-ring (bicyclic) bond motifs is 1. The Bertz CT molecular complexity index is 750. The van der Waals surface area contributed by atoms with Gasteiger partial charge in [0, 0.05) is 6.42 Å². The van der Waals surface area contributed by atoms with E-state index in [1.807, 2.05) is 12.1 Å². The molecule has 0 spiro atoms. The van der Waals surface area contributed by atoms with Crippen molar-refractivity contribution in [2.75, 3.05) is 0 Å². The average molecular weight is 338 g/mol. The normalized spacial score (nSPS) is 16.5. The van der Waals surface area contributed by atoms with Crippen molar-refractivity contribution in [3.8, 4) is 0 Å². The largest absolute Gasteiger partial charge is 0.368 e. The van der Waals surface area contributed by atoms with Gasteiger partial charge in [0.2, 0.25) is 11.8 Å². The molecule has 25 heavy (non-hydrogen) atoms. The van der Waals surface area contributed by atoms with Crippen LogP contribution < -0.4 is 11.1 Å². The number of hydrogen-bond acceptors (Lipinski definition) is 2. The number of nitrogens with two attached hydrogens (primary N) is 1. The Balaban J connectivity index is 1.57. The Morgan fingerprint density at radius 1 is 1.04 bits per heavy atom. The van der Waals surface area contributed by atoms with E-state index < -0.39 is 11.9 Å². The molecule has 0 saturated heterocycles. The Morgan fingerprint density at radius 3 is 2.48 bits per heavy atom. The van der Waals surface area contributed by atoms with Crippen molar-refractivity contribution in [1.82, 2.24) is 5.32 Å². The van der Waals surface area contributed by atoms with Gasteiger partial charge < -0.3 is 11.1 Å². The number of amides is 2. The molecule has 1 aliphatic carbocycles. The summed E-state index contributed by atoms with van der Waals surface area (Å²) in [6.07, 6.45) is 6.40. The molecular weight excluding hydrogens is 312 g/mol. The minimum absolute atomic E-state index is 0.0949. The van der Waals surface area contributed by atoms with Gasteiger partial charge in [-0.2, -0.15) is 0 Å². The lowest BCUT2D eigenvalue weighted by Crippen LogP contribution is -2.49.